The topological polar surface area (TPSA) is 38.3 Å². The maximum atomic E-state index is 12.6. The van der Waals surface area contributed by atoms with Crippen LogP contribution in [0.15, 0.2) is 48.5 Å². The molecule has 0 aliphatic heterocycles. The van der Waals surface area contributed by atoms with Gasteiger partial charge in [-0.05, 0) is 36.1 Å². The summed E-state index contributed by atoms with van der Waals surface area (Å²) in [5.41, 5.74) is 2.20. The highest BCUT2D eigenvalue weighted by Gasteiger charge is 2.39. The van der Waals surface area contributed by atoms with Crippen molar-refractivity contribution in [2.75, 3.05) is 5.32 Å². The second-order valence-corrected chi connectivity index (χ2v) is 6.17. The summed E-state index contributed by atoms with van der Waals surface area (Å²) in [5.74, 6) is 0.581. The molecule has 3 nitrogen and oxygen atoms in total. The molecule has 0 radical (unpaired) electrons. The van der Waals surface area contributed by atoms with Crippen LogP contribution in [-0.2, 0) is 11.2 Å². The lowest BCUT2D eigenvalue weighted by Gasteiger charge is -2.13. The Morgan fingerprint density at radius 3 is 2.58 bits per heavy atom. The Morgan fingerprint density at radius 1 is 1.25 bits per heavy atom. The van der Waals surface area contributed by atoms with Gasteiger partial charge < -0.3 is 10.1 Å². The molecule has 0 heterocycles. The first-order valence-electron chi connectivity index (χ1n) is 7.95. The molecule has 0 aromatic heterocycles. The van der Waals surface area contributed by atoms with Crippen molar-refractivity contribution in [3.8, 4) is 5.75 Å². The average molecular weight is 331 g/mol. The predicted octanol–water partition coefficient (Wildman–Crippen LogP) is 4.47. The van der Waals surface area contributed by atoms with Gasteiger partial charge in [-0.2, -0.15) is 8.78 Å². The third-order valence-corrected chi connectivity index (χ3v) is 4.23. The number of nitrogens with one attached hydrogen (secondary N) is 1. The van der Waals surface area contributed by atoms with E-state index in [4.69, 9.17) is 0 Å². The minimum atomic E-state index is -2.88. The number of hydrogen-bond acceptors (Lipinski definition) is 2. The van der Waals surface area contributed by atoms with Crippen molar-refractivity contribution in [2.24, 2.45) is 11.8 Å². The summed E-state index contributed by atoms with van der Waals surface area (Å²) >= 11 is 0. The van der Waals surface area contributed by atoms with Crippen molar-refractivity contribution in [2.45, 2.75) is 26.4 Å². The molecule has 2 atom stereocenters. The normalized spacial score (nSPS) is 19.2. The smallest absolute Gasteiger partial charge is 0.387 e. The fourth-order valence-corrected chi connectivity index (χ4v) is 2.74. The van der Waals surface area contributed by atoms with Gasteiger partial charge in [0.1, 0.15) is 5.75 Å². The highest BCUT2D eigenvalue weighted by atomic mass is 19.3. The molecule has 24 heavy (non-hydrogen) atoms. The first-order valence-corrected chi connectivity index (χ1v) is 7.95. The minimum Gasteiger partial charge on any atom is -0.435 e. The van der Waals surface area contributed by atoms with Crippen molar-refractivity contribution >= 4 is 11.6 Å². The summed E-state index contributed by atoms with van der Waals surface area (Å²) < 4.78 is 29.8. The van der Waals surface area contributed by atoms with Crippen LogP contribution < -0.4 is 10.1 Å². The summed E-state index contributed by atoms with van der Waals surface area (Å²) in [6.07, 6.45) is 1.35. The zero-order valence-corrected chi connectivity index (χ0v) is 13.3. The van der Waals surface area contributed by atoms with Crippen molar-refractivity contribution in [3.05, 3.63) is 59.7 Å². The number of alkyl halides is 2. The van der Waals surface area contributed by atoms with Gasteiger partial charge in [0.25, 0.3) is 0 Å². The first kappa shape index (κ1) is 16.4. The van der Waals surface area contributed by atoms with Gasteiger partial charge >= 0.3 is 6.61 Å². The fraction of sp³-hybridized carbons (Fsp3) is 0.316. The zero-order chi connectivity index (χ0) is 17.1. The van der Waals surface area contributed by atoms with Crippen LogP contribution in [0.25, 0.3) is 0 Å². The van der Waals surface area contributed by atoms with E-state index in [1.165, 1.54) is 6.07 Å². The standard InChI is InChI=1S/C19H19F2NO2/c1-12-9-16(12)18(23)22-15-7-8-17(24-19(20)21)14(11-15)10-13-5-3-2-4-6-13/h2-8,11-12,16,19H,9-10H2,1H3,(H,22,23). The molecule has 2 aromatic carbocycles. The van der Waals surface area contributed by atoms with E-state index in [1.807, 2.05) is 37.3 Å². The number of carbonyl (C=O) groups excluding carboxylic acids is 1. The molecule has 2 aromatic rings. The van der Waals surface area contributed by atoms with Crippen LogP contribution in [0, 0.1) is 11.8 Å². The lowest BCUT2D eigenvalue weighted by Crippen LogP contribution is -2.15. The summed E-state index contributed by atoms with van der Waals surface area (Å²) in [5, 5.41) is 2.86. The predicted molar refractivity (Wildman–Crippen MR) is 88.2 cm³/mol. The quantitative estimate of drug-likeness (QED) is 0.848. The Morgan fingerprint density at radius 2 is 1.96 bits per heavy atom. The van der Waals surface area contributed by atoms with Gasteiger partial charge in [0.2, 0.25) is 5.91 Å². The van der Waals surface area contributed by atoms with Gasteiger partial charge in [-0.15, -0.1) is 0 Å². The Balaban J connectivity index is 1.81. The van der Waals surface area contributed by atoms with E-state index >= 15 is 0 Å². The van der Waals surface area contributed by atoms with Crippen molar-refractivity contribution in [3.63, 3.8) is 0 Å². The Labute approximate surface area is 139 Å². The summed E-state index contributed by atoms with van der Waals surface area (Å²) in [4.78, 5) is 12.1. The van der Waals surface area contributed by atoms with Crippen LogP contribution in [0.5, 0.6) is 5.75 Å². The number of benzene rings is 2. The first-order chi connectivity index (χ1) is 11.5. The molecule has 1 aliphatic rings. The molecule has 3 rings (SSSR count). The van der Waals surface area contributed by atoms with E-state index in [0.717, 1.165) is 12.0 Å². The highest BCUT2D eigenvalue weighted by molar-refractivity contribution is 5.94. The Hall–Kier alpha value is -2.43. The maximum absolute atomic E-state index is 12.6. The zero-order valence-electron chi connectivity index (χ0n) is 13.3. The van der Waals surface area contributed by atoms with Crippen LogP contribution in [-0.4, -0.2) is 12.5 Å². The second-order valence-electron chi connectivity index (χ2n) is 6.17. The van der Waals surface area contributed by atoms with Gasteiger partial charge in [-0.25, -0.2) is 0 Å². The molecule has 0 saturated heterocycles. The van der Waals surface area contributed by atoms with E-state index in [2.05, 4.69) is 10.1 Å². The number of amides is 1. The number of carbonyl (C=O) groups is 1. The van der Waals surface area contributed by atoms with Crippen LogP contribution in [0.1, 0.15) is 24.5 Å². The number of halogens is 2. The lowest BCUT2D eigenvalue weighted by molar-refractivity contribution is -0.117. The van der Waals surface area contributed by atoms with Crippen LogP contribution in [0.3, 0.4) is 0 Å². The molecule has 1 N–H and O–H groups in total. The highest BCUT2D eigenvalue weighted by Crippen LogP contribution is 2.38. The van der Waals surface area contributed by atoms with E-state index < -0.39 is 6.61 Å². The summed E-state index contributed by atoms with van der Waals surface area (Å²) in [6.45, 7) is -0.850. The molecule has 126 valence electrons. The van der Waals surface area contributed by atoms with Crippen molar-refractivity contribution in [1.29, 1.82) is 0 Å². The lowest BCUT2D eigenvalue weighted by atomic mass is 10.0. The minimum absolute atomic E-state index is 0.0179. The molecule has 1 fully saturated rings. The third kappa shape index (κ3) is 4.10. The van der Waals surface area contributed by atoms with Crippen LogP contribution >= 0.6 is 0 Å². The Bertz CT molecular complexity index is 719. The van der Waals surface area contributed by atoms with Gasteiger partial charge in [-0.1, -0.05) is 37.3 Å². The number of anilines is 1. The van der Waals surface area contributed by atoms with E-state index in [-0.39, 0.29) is 17.6 Å². The largest absolute Gasteiger partial charge is 0.435 e. The molecule has 1 saturated carbocycles. The third-order valence-electron chi connectivity index (χ3n) is 4.23. The molecule has 0 spiro atoms. The van der Waals surface area contributed by atoms with Crippen molar-refractivity contribution in [1.82, 2.24) is 0 Å². The summed E-state index contributed by atoms with van der Waals surface area (Å²) in [7, 11) is 0. The monoisotopic (exact) mass is 331 g/mol. The maximum Gasteiger partial charge on any atom is 0.387 e. The number of ether oxygens (including phenoxy) is 1. The molecule has 5 heteroatoms. The van der Waals surface area contributed by atoms with Crippen LogP contribution in [0.4, 0.5) is 14.5 Å². The molecule has 1 aliphatic carbocycles. The van der Waals surface area contributed by atoms with Gasteiger partial charge in [0.15, 0.2) is 0 Å². The fourth-order valence-electron chi connectivity index (χ4n) is 2.74. The molecule has 1 amide bonds. The van der Waals surface area contributed by atoms with E-state index in [9.17, 15) is 13.6 Å². The SMILES string of the molecule is CC1CC1C(=O)Nc1ccc(OC(F)F)c(Cc2ccccc2)c1. The average Bonchev–Trinajstić information content (AvgIpc) is 3.27. The molecule has 2 unspecified atom stereocenters. The van der Waals surface area contributed by atoms with E-state index in [1.54, 1.807) is 12.1 Å². The Kier molecular flexibility index (Phi) is 4.79. The molecular formula is C19H19F2NO2. The van der Waals surface area contributed by atoms with Crippen molar-refractivity contribution < 1.29 is 18.3 Å². The van der Waals surface area contributed by atoms with E-state index in [0.29, 0.717) is 23.6 Å². The molecular weight excluding hydrogens is 312 g/mol. The second kappa shape index (κ2) is 6.99. The molecule has 0 bridgehead atoms. The number of hydrogen-bond donors (Lipinski definition) is 1. The van der Waals surface area contributed by atoms with Crippen LogP contribution in [0.2, 0.25) is 0 Å². The van der Waals surface area contributed by atoms with Gasteiger partial charge in [0, 0.05) is 23.6 Å². The number of rotatable bonds is 6. The van der Waals surface area contributed by atoms with Gasteiger partial charge in [-0.3, -0.25) is 4.79 Å². The van der Waals surface area contributed by atoms with Gasteiger partial charge in [0.05, 0.1) is 0 Å². The summed E-state index contributed by atoms with van der Waals surface area (Å²) in [6, 6.07) is 14.3.